The number of carbonyl (C=O) groups excluding carboxylic acids is 1. The third-order valence-corrected chi connectivity index (χ3v) is 2.65. The molecule has 1 saturated heterocycles. The summed E-state index contributed by atoms with van der Waals surface area (Å²) in [6.45, 7) is 0.906. The third kappa shape index (κ3) is 1.71. The topological polar surface area (TPSA) is 56.3 Å². The normalized spacial score (nSPS) is 17.2. The zero-order valence-corrected chi connectivity index (χ0v) is 8.98. The number of H-pyrrole nitrogens is 1. The number of aromatic nitrogens is 1. The molecule has 0 unspecified atom stereocenters. The van der Waals surface area contributed by atoms with Crippen LogP contribution in [0, 0.1) is 3.57 Å². The number of β-amino-alcohol motifs (C(OH)–C–C–N with tert-alkyl or cyclic N) is 1. The van der Waals surface area contributed by atoms with Gasteiger partial charge in [-0.25, -0.2) is 0 Å². The fourth-order valence-electron chi connectivity index (χ4n) is 1.28. The van der Waals surface area contributed by atoms with E-state index in [1.165, 1.54) is 0 Å². The fourth-order valence-corrected chi connectivity index (χ4v) is 1.75. The lowest BCUT2D eigenvalue weighted by Gasteiger charge is -2.35. The number of hydrogen-bond donors (Lipinski definition) is 2. The number of carbonyl (C=O) groups is 1. The van der Waals surface area contributed by atoms with E-state index in [1.807, 2.05) is 0 Å². The minimum atomic E-state index is -0.335. The van der Waals surface area contributed by atoms with Crippen molar-refractivity contribution in [2.75, 3.05) is 13.1 Å². The average molecular weight is 292 g/mol. The molecular formula is C8H9IN2O2. The number of nitrogens with zero attached hydrogens (tertiary/aromatic N) is 1. The van der Waals surface area contributed by atoms with Gasteiger partial charge in [0.2, 0.25) is 0 Å². The van der Waals surface area contributed by atoms with Gasteiger partial charge in [0.05, 0.1) is 6.10 Å². The smallest absolute Gasteiger partial charge is 0.270 e. The molecule has 5 heteroatoms. The van der Waals surface area contributed by atoms with Gasteiger partial charge in [-0.05, 0) is 28.7 Å². The highest BCUT2D eigenvalue weighted by molar-refractivity contribution is 14.1. The van der Waals surface area contributed by atoms with E-state index < -0.39 is 0 Å². The van der Waals surface area contributed by atoms with Crippen LogP contribution < -0.4 is 0 Å². The molecule has 1 fully saturated rings. The van der Waals surface area contributed by atoms with Gasteiger partial charge in [0.1, 0.15) is 5.69 Å². The van der Waals surface area contributed by atoms with E-state index in [2.05, 4.69) is 27.6 Å². The SMILES string of the molecule is O=C(c1cc(I)c[nH]1)N1CC(O)C1. The van der Waals surface area contributed by atoms with Crippen molar-refractivity contribution in [2.24, 2.45) is 0 Å². The molecule has 1 aromatic rings. The second-order valence-corrected chi connectivity index (χ2v) is 4.34. The number of aliphatic hydroxyl groups is 1. The molecule has 0 aromatic carbocycles. The lowest BCUT2D eigenvalue weighted by Crippen LogP contribution is -2.53. The van der Waals surface area contributed by atoms with E-state index >= 15 is 0 Å². The Hall–Kier alpha value is -0.560. The van der Waals surface area contributed by atoms with E-state index in [-0.39, 0.29) is 12.0 Å². The van der Waals surface area contributed by atoms with Crippen LogP contribution in [0.15, 0.2) is 12.3 Å². The van der Waals surface area contributed by atoms with Gasteiger partial charge in [-0.3, -0.25) is 4.79 Å². The van der Waals surface area contributed by atoms with Crippen molar-refractivity contribution >= 4 is 28.5 Å². The number of halogens is 1. The number of rotatable bonds is 1. The molecule has 2 rings (SSSR count). The summed E-state index contributed by atoms with van der Waals surface area (Å²) in [5.41, 5.74) is 0.594. The number of aliphatic hydroxyl groups excluding tert-OH is 1. The maximum atomic E-state index is 11.6. The largest absolute Gasteiger partial charge is 0.389 e. The lowest BCUT2D eigenvalue weighted by atomic mass is 10.1. The van der Waals surface area contributed by atoms with E-state index in [9.17, 15) is 4.79 Å². The molecule has 2 heterocycles. The molecule has 0 aliphatic carbocycles. The zero-order valence-electron chi connectivity index (χ0n) is 6.83. The number of aromatic amines is 1. The Bertz CT molecular complexity index is 331. The summed E-state index contributed by atoms with van der Waals surface area (Å²) in [5, 5.41) is 9.01. The molecule has 1 aromatic heterocycles. The third-order valence-electron chi connectivity index (χ3n) is 2.03. The maximum absolute atomic E-state index is 11.6. The summed E-state index contributed by atoms with van der Waals surface area (Å²) < 4.78 is 1.02. The summed E-state index contributed by atoms with van der Waals surface area (Å²) in [5.74, 6) is -0.0341. The highest BCUT2D eigenvalue weighted by Gasteiger charge is 2.29. The van der Waals surface area contributed by atoms with Crippen molar-refractivity contribution in [2.45, 2.75) is 6.10 Å². The molecule has 0 atom stereocenters. The molecule has 13 heavy (non-hydrogen) atoms. The second-order valence-electron chi connectivity index (χ2n) is 3.10. The van der Waals surface area contributed by atoms with Crippen LogP contribution in [-0.4, -0.2) is 40.1 Å². The summed E-state index contributed by atoms with van der Waals surface area (Å²) in [4.78, 5) is 16.1. The predicted octanol–water partition coefficient (Wildman–Crippen LogP) is 0.436. The van der Waals surface area contributed by atoms with E-state index in [0.717, 1.165) is 3.57 Å². The predicted molar refractivity (Wildman–Crippen MR) is 55.4 cm³/mol. The summed E-state index contributed by atoms with van der Waals surface area (Å²) in [6.07, 6.45) is 1.45. The van der Waals surface area contributed by atoms with Crippen LogP contribution in [-0.2, 0) is 0 Å². The highest BCUT2D eigenvalue weighted by Crippen LogP contribution is 2.14. The monoisotopic (exact) mass is 292 g/mol. The number of amides is 1. The Morgan fingerprint density at radius 1 is 1.69 bits per heavy atom. The average Bonchev–Trinajstić information content (AvgIpc) is 2.45. The minimum Gasteiger partial charge on any atom is -0.389 e. The Kier molecular flexibility index (Phi) is 2.29. The van der Waals surface area contributed by atoms with Crippen LogP contribution in [0.2, 0.25) is 0 Å². The summed E-state index contributed by atoms with van der Waals surface area (Å²) in [7, 11) is 0. The summed E-state index contributed by atoms with van der Waals surface area (Å²) in [6, 6.07) is 1.80. The molecule has 0 radical (unpaired) electrons. The fraction of sp³-hybridized carbons (Fsp3) is 0.375. The summed E-state index contributed by atoms with van der Waals surface area (Å²) >= 11 is 2.14. The van der Waals surface area contributed by atoms with E-state index in [4.69, 9.17) is 5.11 Å². The number of nitrogens with one attached hydrogen (secondary N) is 1. The molecule has 4 nitrogen and oxygen atoms in total. The molecular weight excluding hydrogens is 283 g/mol. The van der Waals surface area contributed by atoms with Gasteiger partial charge in [0.15, 0.2) is 0 Å². The molecule has 70 valence electrons. The molecule has 0 spiro atoms. The molecule has 0 saturated carbocycles. The molecule has 1 amide bonds. The van der Waals surface area contributed by atoms with Crippen molar-refractivity contribution in [3.63, 3.8) is 0 Å². The van der Waals surface area contributed by atoms with Crippen LogP contribution in [0.5, 0.6) is 0 Å². The Morgan fingerprint density at radius 2 is 2.38 bits per heavy atom. The van der Waals surface area contributed by atoms with Gasteiger partial charge >= 0.3 is 0 Å². The second kappa shape index (κ2) is 3.30. The van der Waals surface area contributed by atoms with E-state index in [0.29, 0.717) is 18.8 Å². The zero-order chi connectivity index (χ0) is 9.42. The Morgan fingerprint density at radius 3 is 2.85 bits per heavy atom. The van der Waals surface area contributed by atoms with Gasteiger partial charge in [-0.15, -0.1) is 0 Å². The van der Waals surface area contributed by atoms with Crippen LogP contribution in [0.25, 0.3) is 0 Å². The van der Waals surface area contributed by atoms with Gasteiger partial charge in [-0.1, -0.05) is 0 Å². The van der Waals surface area contributed by atoms with Crippen LogP contribution in [0.4, 0.5) is 0 Å². The first-order chi connectivity index (χ1) is 6.16. The molecule has 2 N–H and O–H groups in total. The standard InChI is InChI=1S/C8H9IN2O2/c9-5-1-7(10-2-5)8(13)11-3-6(12)4-11/h1-2,6,10,12H,3-4H2. The molecule has 0 bridgehead atoms. The van der Waals surface area contributed by atoms with Crippen LogP contribution >= 0.6 is 22.6 Å². The van der Waals surface area contributed by atoms with Crippen LogP contribution in [0.3, 0.4) is 0 Å². The minimum absolute atomic E-state index is 0.0341. The quantitative estimate of drug-likeness (QED) is 0.738. The van der Waals surface area contributed by atoms with Crippen molar-refractivity contribution in [1.29, 1.82) is 0 Å². The van der Waals surface area contributed by atoms with E-state index in [1.54, 1.807) is 17.2 Å². The first-order valence-corrected chi connectivity index (χ1v) is 5.06. The van der Waals surface area contributed by atoms with Crippen molar-refractivity contribution in [1.82, 2.24) is 9.88 Å². The van der Waals surface area contributed by atoms with Gasteiger partial charge in [0.25, 0.3) is 5.91 Å². The number of hydrogen-bond acceptors (Lipinski definition) is 2. The van der Waals surface area contributed by atoms with Gasteiger partial charge in [-0.2, -0.15) is 0 Å². The molecule has 1 aliphatic rings. The first-order valence-electron chi connectivity index (χ1n) is 3.98. The van der Waals surface area contributed by atoms with Crippen molar-refractivity contribution in [3.05, 3.63) is 21.5 Å². The van der Waals surface area contributed by atoms with Gasteiger partial charge < -0.3 is 15.0 Å². The van der Waals surface area contributed by atoms with Crippen molar-refractivity contribution in [3.8, 4) is 0 Å². The Labute approximate surface area is 89.1 Å². The van der Waals surface area contributed by atoms with Crippen LogP contribution in [0.1, 0.15) is 10.5 Å². The lowest BCUT2D eigenvalue weighted by molar-refractivity contribution is 0.00555. The Balaban J connectivity index is 2.06. The maximum Gasteiger partial charge on any atom is 0.270 e. The first kappa shape index (κ1) is 9.01. The number of likely N-dealkylation sites (tertiary alicyclic amines) is 1. The van der Waals surface area contributed by atoms with Gasteiger partial charge in [0, 0.05) is 22.9 Å². The molecule has 1 aliphatic heterocycles. The highest BCUT2D eigenvalue weighted by atomic mass is 127. The van der Waals surface area contributed by atoms with Crippen molar-refractivity contribution < 1.29 is 9.90 Å².